The van der Waals surface area contributed by atoms with Crippen LogP contribution in [0.1, 0.15) is 77.1 Å². The fraction of sp³-hybridized carbons (Fsp3) is 0.548. The molecule has 3 fully saturated rings. The van der Waals surface area contributed by atoms with Crippen LogP contribution in [0.3, 0.4) is 0 Å². The maximum absolute atomic E-state index is 12.2. The van der Waals surface area contributed by atoms with Gasteiger partial charge in [0.25, 0.3) is 0 Å². The second-order valence-electron chi connectivity index (χ2n) is 12.0. The van der Waals surface area contributed by atoms with E-state index in [1.165, 1.54) is 51.9 Å². The van der Waals surface area contributed by atoms with Crippen LogP contribution in [0.2, 0.25) is 5.28 Å². The second-order valence-corrected chi connectivity index (χ2v) is 12.3. The van der Waals surface area contributed by atoms with Crippen molar-refractivity contribution in [1.29, 1.82) is 0 Å². The van der Waals surface area contributed by atoms with Gasteiger partial charge in [0.2, 0.25) is 5.28 Å². The molecule has 6 rings (SSSR count). The number of anilines is 1. The van der Waals surface area contributed by atoms with Gasteiger partial charge in [0.15, 0.2) is 35.4 Å². The molecule has 2 aliphatic heterocycles. The molecule has 3 aliphatic rings. The summed E-state index contributed by atoms with van der Waals surface area (Å²) in [5.41, 5.74) is 2.25. The Morgan fingerprint density at radius 1 is 0.977 bits per heavy atom. The maximum atomic E-state index is 12.2. The predicted molar refractivity (Wildman–Crippen MR) is 159 cm³/mol. The van der Waals surface area contributed by atoms with E-state index in [2.05, 4.69) is 34.1 Å². The van der Waals surface area contributed by atoms with E-state index in [4.69, 9.17) is 40.5 Å². The Morgan fingerprint density at radius 3 is 2.36 bits per heavy atom. The molecular formula is C31H36ClN5O7. The fourth-order valence-corrected chi connectivity index (χ4v) is 7.26. The van der Waals surface area contributed by atoms with E-state index in [1.807, 2.05) is 6.07 Å². The highest BCUT2D eigenvalue weighted by molar-refractivity contribution is 6.28. The molecule has 3 aromatic rings. The van der Waals surface area contributed by atoms with Gasteiger partial charge in [-0.1, -0.05) is 49.6 Å². The lowest BCUT2D eigenvalue weighted by Crippen LogP contribution is -2.40. The topological polar surface area (TPSA) is 135 Å². The van der Waals surface area contributed by atoms with Gasteiger partial charge in [-0.25, -0.2) is 4.98 Å². The summed E-state index contributed by atoms with van der Waals surface area (Å²) in [6.07, 6.45) is 4.45. The van der Waals surface area contributed by atoms with Crippen molar-refractivity contribution >= 4 is 46.5 Å². The van der Waals surface area contributed by atoms with Gasteiger partial charge in [0, 0.05) is 27.3 Å². The van der Waals surface area contributed by atoms with E-state index in [-0.39, 0.29) is 23.3 Å². The number of aromatic nitrogens is 4. The van der Waals surface area contributed by atoms with Crippen molar-refractivity contribution in [2.75, 3.05) is 18.1 Å². The predicted octanol–water partition coefficient (Wildman–Crippen LogP) is 4.71. The van der Waals surface area contributed by atoms with Crippen LogP contribution in [0.25, 0.3) is 11.2 Å². The number of imidazole rings is 1. The van der Waals surface area contributed by atoms with Gasteiger partial charge in [-0.05, 0) is 41.8 Å². The molecule has 0 amide bonds. The normalized spacial score (nSPS) is 26.2. The molecule has 1 spiro atoms. The molecule has 234 valence electrons. The Morgan fingerprint density at radius 2 is 1.68 bits per heavy atom. The highest BCUT2D eigenvalue weighted by Crippen LogP contribution is 2.53. The number of nitrogens with zero attached hydrogens (tertiary/aromatic N) is 5. The third-order valence-corrected chi connectivity index (χ3v) is 9.04. The summed E-state index contributed by atoms with van der Waals surface area (Å²) < 4.78 is 24.2. The van der Waals surface area contributed by atoms with Crippen molar-refractivity contribution in [1.82, 2.24) is 19.5 Å². The molecule has 0 N–H and O–H groups in total. The lowest BCUT2D eigenvalue weighted by atomic mass is 9.72. The minimum absolute atomic E-state index is 0.0284. The molecule has 2 aromatic heterocycles. The van der Waals surface area contributed by atoms with E-state index in [1.54, 1.807) is 4.57 Å². The van der Waals surface area contributed by atoms with E-state index < -0.39 is 42.4 Å². The first-order valence-electron chi connectivity index (χ1n) is 15.0. The summed E-state index contributed by atoms with van der Waals surface area (Å²) in [5, 5.41) is 0.0284. The number of hydrogen-bond donors (Lipinski definition) is 0. The summed E-state index contributed by atoms with van der Waals surface area (Å²) in [6, 6.07) is 10.5. The van der Waals surface area contributed by atoms with Gasteiger partial charge in [-0.2, -0.15) is 9.97 Å². The molecule has 44 heavy (non-hydrogen) atoms. The minimum Gasteiger partial charge on any atom is -0.463 e. The molecular weight excluding hydrogens is 590 g/mol. The number of carbonyl (C=O) groups excluding carboxylic acids is 3. The van der Waals surface area contributed by atoms with E-state index >= 15 is 0 Å². The van der Waals surface area contributed by atoms with Crippen LogP contribution in [0.4, 0.5) is 5.82 Å². The molecule has 1 saturated carbocycles. The van der Waals surface area contributed by atoms with Crippen LogP contribution in [0, 0.1) is 5.41 Å². The number of fused-ring (bicyclic) bond motifs is 1. The van der Waals surface area contributed by atoms with Crippen LogP contribution in [0.5, 0.6) is 0 Å². The number of hydrogen-bond acceptors (Lipinski definition) is 11. The molecule has 1 aromatic carbocycles. The standard InChI is InChI=1S/C31H36ClN5O7/c1-18(38)41-15-23-25(42-19(2)39)26(43-20(3)40)29(44-23)37-17-33-24-27(34-30(32)35-28(24)37)36-16-31(12-8-5-9-13-31)14-22(36)21-10-6-4-7-11-21/h4,6-7,10-11,17,22-23,25-26,29H,5,8-9,12-16H2,1-3H3/t22?,23-,25?,26?,29-/m1/s1. The third-order valence-electron chi connectivity index (χ3n) is 8.87. The number of esters is 3. The zero-order chi connectivity index (χ0) is 31.0. The molecule has 0 bridgehead atoms. The van der Waals surface area contributed by atoms with Crippen LogP contribution >= 0.6 is 11.6 Å². The second kappa shape index (κ2) is 12.3. The first kappa shape index (κ1) is 30.3. The van der Waals surface area contributed by atoms with Crippen LogP contribution in [0.15, 0.2) is 36.7 Å². The molecule has 13 heteroatoms. The zero-order valence-electron chi connectivity index (χ0n) is 25.0. The van der Waals surface area contributed by atoms with E-state index in [0.29, 0.717) is 17.0 Å². The molecule has 2 saturated heterocycles. The van der Waals surface area contributed by atoms with Crippen molar-refractivity contribution in [2.45, 2.75) is 89.9 Å². The average molecular weight is 626 g/mol. The van der Waals surface area contributed by atoms with Crippen molar-refractivity contribution in [3.05, 3.63) is 47.5 Å². The van der Waals surface area contributed by atoms with Crippen LogP contribution < -0.4 is 4.90 Å². The van der Waals surface area contributed by atoms with Crippen molar-refractivity contribution in [3.8, 4) is 0 Å². The lowest BCUT2D eigenvalue weighted by molar-refractivity contribution is -0.166. The van der Waals surface area contributed by atoms with Crippen molar-refractivity contribution in [2.24, 2.45) is 5.41 Å². The van der Waals surface area contributed by atoms with Crippen LogP contribution in [-0.2, 0) is 33.3 Å². The Kier molecular flexibility index (Phi) is 8.47. The number of rotatable bonds is 7. The van der Waals surface area contributed by atoms with Crippen LogP contribution in [-0.4, -0.2) is 68.9 Å². The van der Waals surface area contributed by atoms with Gasteiger partial charge in [-0.15, -0.1) is 0 Å². The smallest absolute Gasteiger partial charge is 0.303 e. The summed E-state index contributed by atoms with van der Waals surface area (Å²) in [4.78, 5) is 52.1. The van der Waals surface area contributed by atoms with E-state index in [9.17, 15) is 14.4 Å². The summed E-state index contributed by atoms with van der Waals surface area (Å²) in [5.74, 6) is -1.13. The lowest BCUT2D eigenvalue weighted by Gasteiger charge is -2.33. The Hall–Kier alpha value is -3.77. The van der Waals surface area contributed by atoms with Crippen molar-refractivity contribution in [3.63, 3.8) is 0 Å². The zero-order valence-corrected chi connectivity index (χ0v) is 25.7. The first-order valence-corrected chi connectivity index (χ1v) is 15.4. The number of carbonyl (C=O) groups is 3. The molecule has 4 heterocycles. The molecule has 12 nitrogen and oxygen atoms in total. The van der Waals surface area contributed by atoms with E-state index in [0.717, 1.165) is 25.8 Å². The summed E-state index contributed by atoms with van der Waals surface area (Å²) in [7, 11) is 0. The number of halogens is 1. The third kappa shape index (κ3) is 5.97. The van der Waals surface area contributed by atoms with Gasteiger partial charge in [-0.3, -0.25) is 19.0 Å². The summed E-state index contributed by atoms with van der Waals surface area (Å²) >= 11 is 6.60. The minimum atomic E-state index is -1.08. The Bertz CT molecular complexity index is 1540. The molecule has 3 unspecified atom stereocenters. The molecule has 1 aliphatic carbocycles. The quantitative estimate of drug-likeness (QED) is 0.205. The van der Waals surface area contributed by atoms with Crippen molar-refractivity contribution < 1.29 is 33.3 Å². The first-order chi connectivity index (χ1) is 21.1. The molecule has 0 radical (unpaired) electrons. The van der Waals surface area contributed by atoms with Gasteiger partial charge >= 0.3 is 17.9 Å². The summed E-state index contributed by atoms with van der Waals surface area (Å²) in [6.45, 7) is 4.35. The highest BCUT2D eigenvalue weighted by atomic mass is 35.5. The Balaban J connectivity index is 1.42. The molecule has 5 atom stereocenters. The van der Waals surface area contributed by atoms with Gasteiger partial charge in [0.05, 0.1) is 12.4 Å². The monoisotopic (exact) mass is 625 g/mol. The number of benzene rings is 1. The average Bonchev–Trinajstić information content (AvgIpc) is 3.66. The fourth-order valence-electron chi connectivity index (χ4n) is 7.09. The highest BCUT2D eigenvalue weighted by Gasteiger charge is 2.51. The Labute approximate surface area is 260 Å². The number of ether oxygens (including phenoxy) is 4. The maximum Gasteiger partial charge on any atom is 0.303 e. The van der Waals surface area contributed by atoms with Gasteiger partial charge in [0.1, 0.15) is 12.7 Å². The van der Waals surface area contributed by atoms with Gasteiger partial charge < -0.3 is 23.8 Å². The largest absolute Gasteiger partial charge is 0.463 e. The SMILES string of the molecule is CC(=O)OC[C@H]1O[C@@H](n2cnc3c(N4CC5(CCCCC5)CC4c4ccccc4)nc(Cl)nc32)C(OC(C)=O)C1OC(C)=O.